The van der Waals surface area contributed by atoms with E-state index in [2.05, 4.69) is 5.32 Å². The van der Waals surface area contributed by atoms with E-state index in [9.17, 15) is 9.59 Å². The second-order valence-electron chi connectivity index (χ2n) is 5.11. The van der Waals surface area contributed by atoms with Crippen molar-refractivity contribution < 1.29 is 14.7 Å². The van der Waals surface area contributed by atoms with Gasteiger partial charge in [-0.2, -0.15) is 0 Å². The molecule has 0 heterocycles. The quantitative estimate of drug-likeness (QED) is 0.811. The van der Waals surface area contributed by atoms with Crippen LogP contribution in [0.3, 0.4) is 0 Å². The first-order chi connectivity index (χ1) is 9.40. The van der Waals surface area contributed by atoms with Gasteiger partial charge in [-0.3, -0.25) is 4.79 Å². The summed E-state index contributed by atoms with van der Waals surface area (Å²) in [5.74, 6) is -0.337. The number of rotatable bonds is 7. The minimum absolute atomic E-state index is 0.126. The zero-order valence-corrected chi connectivity index (χ0v) is 12.9. The summed E-state index contributed by atoms with van der Waals surface area (Å²) in [6.45, 7) is 5.58. The average Bonchev–Trinajstić information content (AvgIpc) is 2.37. The predicted molar refractivity (Wildman–Crippen MR) is 81.7 cm³/mol. The van der Waals surface area contributed by atoms with Crippen LogP contribution in [-0.2, 0) is 15.3 Å². The van der Waals surface area contributed by atoms with Crippen LogP contribution in [0.2, 0.25) is 0 Å². The molecule has 1 atom stereocenters. The van der Waals surface area contributed by atoms with Crippen LogP contribution in [0, 0.1) is 12.8 Å². The highest BCUT2D eigenvalue weighted by molar-refractivity contribution is 7.99. The van der Waals surface area contributed by atoms with Gasteiger partial charge in [-0.25, -0.2) is 4.79 Å². The monoisotopic (exact) mass is 295 g/mol. The van der Waals surface area contributed by atoms with E-state index in [0.717, 1.165) is 11.3 Å². The van der Waals surface area contributed by atoms with Gasteiger partial charge >= 0.3 is 5.97 Å². The number of benzene rings is 1. The molecule has 0 unspecified atom stereocenters. The second kappa shape index (κ2) is 7.94. The van der Waals surface area contributed by atoms with E-state index in [-0.39, 0.29) is 17.6 Å². The predicted octanol–water partition coefficient (Wildman–Crippen LogP) is 2.45. The van der Waals surface area contributed by atoms with Crippen LogP contribution in [0.15, 0.2) is 24.3 Å². The SMILES string of the molecule is Cc1ccc(CSCC(=O)N[C@@H](C(=O)O)C(C)C)cc1. The molecule has 5 heteroatoms. The van der Waals surface area contributed by atoms with E-state index in [0.29, 0.717) is 0 Å². The van der Waals surface area contributed by atoms with Crippen LogP contribution in [0.5, 0.6) is 0 Å². The Labute approximate surface area is 124 Å². The van der Waals surface area contributed by atoms with Crippen LogP contribution in [0.1, 0.15) is 25.0 Å². The summed E-state index contributed by atoms with van der Waals surface area (Å²) >= 11 is 1.48. The van der Waals surface area contributed by atoms with Crippen LogP contribution >= 0.6 is 11.8 Å². The molecule has 1 amide bonds. The van der Waals surface area contributed by atoms with Crippen LogP contribution < -0.4 is 5.32 Å². The Morgan fingerprint density at radius 2 is 1.85 bits per heavy atom. The van der Waals surface area contributed by atoms with Gasteiger partial charge in [0, 0.05) is 5.75 Å². The number of thioether (sulfide) groups is 1. The van der Waals surface area contributed by atoms with Crippen LogP contribution in [0.25, 0.3) is 0 Å². The average molecular weight is 295 g/mol. The van der Waals surface area contributed by atoms with Crippen molar-refractivity contribution in [2.75, 3.05) is 5.75 Å². The number of hydrogen-bond acceptors (Lipinski definition) is 3. The van der Waals surface area contributed by atoms with Gasteiger partial charge in [0.1, 0.15) is 6.04 Å². The number of aliphatic carboxylic acids is 1. The lowest BCUT2D eigenvalue weighted by molar-refractivity contribution is -0.142. The summed E-state index contributed by atoms with van der Waals surface area (Å²) in [5.41, 5.74) is 2.37. The number of amides is 1. The first-order valence-electron chi connectivity index (χ1n) is 6.55. The lowest BCUT2D eigenvalue weighted by Gasteiger charge is -2.17. The van der Waals surface area contributed by atoms with Gasteiger partial charge in [-0.15, -0.1) is 11.8 Å². The summed E-state index contributed by atoms with van der Waals surface area (Å²) < 4.78 is 0. The number of nitrogens with one attached hydrogen (secondary N) is 1. The Morgan fingerprint density at radius 1 is 1.25 bits per heavy atom. The van der Waals surface area contributed by atoms with Crippen molar-refractivity contribution in [2.45, 2.75) is 32.6 Å². The van der Waals surface area contributed by atoms with Gasteiger partial charge in [-0.1, -0.05) is 43.7 Å². The van der Waals surface area contributed by atoms with E-state index in [1.54, 1.807) is 13.8 Å². The highest BCUT2D eigenvalue weighted by Gasteiger charge is 2.22. The number of carbonyl (C=O) groups is 2. The third-order valence-corrected chi connectivity index (χ3v) is 3.88. The standard InChI is InChI=1S/C15H21NO3S/c1-10(2)14(15(18)19)16-13(17)9-20-8-12-6-4-11(3)5-7-12/h4-7,10,14H,8-9H2,1-3H3,(H,16,17)(H,18,19)/t14-/m1/s1. The van der Waals surface area contributed by atoms with E-state index < -0.39 is 12.0 Å². The largest absolute Gasteiger partial charge is 0.480 e. The third kappa shape index (κ3) is 5.65. The van der Waals surface area contributed by atoms with Crippen LogP contribution in [-0.4, -0.2) is 28.8 Å². The fraction of sp³-hybridized carbons (Fsp3) is 0.467. The fourth-order valence-electron chi connectivity index (χ4n) is 1.67. The van der Waals surface area contributed by atoms with Crippen molar-refractivity contribution in [2.24, 2.45) is 5.92 Å². The molecule has 1 aromatic carbocycles. The third-order valence-electron chi connectivity index (χ3n) is 2.87. The number of carbonyl (C=O) groups excluding carboxylic acids is 1. The lowest BCUT2D eigenvalue weighted by Crippen LogP contribution is -2.45. The van der Waals surface area contributed by atoms with Gasteiger partial charge in [0.25, 0.3) is 0 Å². The van der Waals surface area contributed by atoms with E-state index in [4.69, 9.17) is 5.11 Å². The minimum atomic E-state index is -0.989. The Kier molecular flexibility index (Phi) is 6.58. The first kappa shape index (κ1) is 16.6. The zero-order valence-electron chi connectivity index (χ0n) is 12.1. The van der Waals surface area contributed by atoms with Crippen LogP contribution in [0.4, 0.5) is 0 Å². The van der Waals surface area contributed by atoms with Gasteiger partial charge in [0.15, 0.2) is 0 Å². The summed E-state index contributed by atoms with van der Waals surface area (Å²) in [4.78, 5) is 22.7. The molecule has 110 valence electrons. The summed E-state index contributed by atoms with van der Waals surface area (Å²) in [6, 6.07) is 7.33. The molecule has 1 rings (SSSR count). The molecule has 0 aromatic heterocycles. The van der Waals surface area contributed by atoms with Crippen molar-refractivity contribution >= 4 is 23.6 Å². The molecule has 2 N–H and O–H groups in total. The molecule has 0 saturated heterocycles. The fourth-order valence-corrected chi connectivity index (χ4v) is 2.47. The first-order valence-corrected chi connectivity index (χ1v) is 7.71. The maximum Gasteiger partial charge on any atom is 0.326 e. The summed E-state index contributed by atoms with van der Waals surface area (Å²) in [6.07, 6.45) is 0. The number of hydrogen-bond donors (Lipinski definition) is 2. The Balaban J connectivity index is 2.36. The van der Waals surface area contributed by atoms with Crippen molar-refractivity contribution in [3.05, 3.63) is 35.4 Å². The van der Waals surface area contributed by atoms with E-state index >= 15 is 0 Å². The van der Waals surface area contributed by atoms with Gasteiger partial charge in [0.2, 0.25) is 5.91 Å². The zero-order chi connectivity index (χ0) is 15.1. The summed E-state index contributed by atoms with van der Waals surface area (Å²) in [5, 5.41) is 11.6. The lowest BCUT2D eigenvalue weighted by atomic mass is 10.1. The van der Waals surface area contributed by atoms with Gasteiger partial charge in [-0.05, 0) is 18.4 Å². The van der Waals surface area contributed by atoms with Crippen molar-refractivity contribution in [3.8, 4) is 0 Å². The molecular formula is C15H21NO3S. The molecule has 1 aromatic rings. The Bertz CT molecular complexity index is 457. The molecule has 0 aliphatic carbocycles. The molecule has 20 heavy (non-hydrogen) atoms. The minimum Gasteiger partial charge on any atom is -0.480 e. The molecule has 4 nitrogen and oxygen atoms in total. The highest BCUT2D eigenvalue weighted by atomic mass is 32.2. The normalized spacial score (nSPS) is 12.2. The second-order valence-corrected chi connectivity index (χ2v) is 6.09. The molecule has 0 saturated carbocycles. The van der Waals surface area contributed by atoms with E-state index in [1.165, 1.54) is 17.3 Å². The Hall–Kier alpha value is -1.49. The molecule has 0 radical (unpaired) electrons. The number of carboxylic acids is 1. The topological polar surface area (TPSA) is 66.4 Å². The van der Waals surface area contributed by atoms with Gasteiger partial charge in [0.05, 0.1) is 5.75 Å². The molecule has 0 fully saturated rings. The number of aryl methyl sites for hydroxylation is 1. The maximum atomic E-state index is 11.7. The molecule has 0 aliphatic heterocycles. The highest BCUT2D eigenvalue weighted by Crippen LogP contribution is 2.13. The van der Waals surface area contributed by atoms with Crippen molar-refractivity contribution in [3.63, 3.8) is 0 Å². The van der Waals surface area contributed by atoms with Gasteiger partial charge < -0.3 is 10.4 Å². The van der Waals surface area contributed by atoms with Crippen molar-refractivity contribution in [1.29, 1.82) is 0 Å². The Morgan fingerprint density at radius 3 is 2.35 bits per heavy atom. The van der Waals surface area contributed by atoms with E-state index in [1.807, 2.05) is 31.2 Å². The van der Waals surface area contributed by atoms with Crippen molar-refractivity contribution in [1.82, 2.24) is 5.32 Å². The molecule has 0 spiro atoms. The summed E-state index contributed by atoms with van der Waals surface area (Å²) in [7, 11) is 0. The molecular weight excluding hydrogens is 274 g/mol. The molecule has 0 bridgehead atoms. The smallest absolute Gasteiger partial charge is 0.326 e. The molecule has 0 aliphatic rings. The number of carboxylic acid groups (broad SMARTS) is 1. The maximum absolute atomic E-state index is 11.7.